The molecule has 5 aromatic rings. The number of benzene rings is 2. The van der Waals surface area contributed by atoms with E-state index in [9.17, 15) is 10.2 Å². The Kier molecular flexibility index (Phi) is 7.70. The Morgan fingerprint density at radius 2 is 1.80 bits per heavy atom. The molecule has 6 rings (SSSR count). The van der Waals surface area contributed by atoms with Gasteiger partial charge in [-0.15, -0.1) is 5.10 Å². The summed E-state index contributed by atoms with van der Waals surface area (Å²) in [5, 5.41) is 32.0. The van der Waals surface area contributed by atoms with E-state index in [0.29, 0.717) is 34.2 Å². The van der Waals surface area contributed by atoms with Crippen LogP contribution in [0.2, 0.25) is 5.02 Å². The third kappa shape index (κ3) is 5.55. The van der Waals surface area contributed by atoms with Gasteiger partial charge in [-0.1, -0.05) is 60.1 Å². The predicted octanol–water partition coefficient (Wildman–Crippen LogP) is 3.19. The standard InChI is InChI=1S/C28H27ClN8O4/c1-30-11-2-12-37-27(34-35-36-37)19-9-5-17(6-10-19)16-3-7-18(8-4-16)24-20(29)13-21-26(32-24)33-28(31-21)41-23-15-40-22(14-38)25(23)39/h3-11,13,22-23,25,38-39H,2,12,14-15H2,1H3,(H,31,32,33)/b30-11+/t22-,23-,25-/m1/s1. The van der Waals surface area contributed by atoms with E-state index in [2.05, 4.69) is 35.5 Å². The van der Waals surface area contributed by atoms with Crippen molar-refractivity contribution in [1.29, 1.82) is 0 Å². The molecule has 210 valence electrons. The van der Waals surface area contributed by atoms with E-state index >= 15 is 0 Å². The number of nitrogens with zero attached hydrogens (tertiary/aromatic N) is 7. The SMILES string of the molecule is C/N=C/CCn1nnnc1-c1ccc(-c2ccc(-c3nc4nc(O[C@@H]5CO[C@H](CO)[C@H]5O)[nH]c4cc3Cl)cc2)cc1. The molecule has 3 N–H and O–H groups in total. The van der Waals surface area contributed by atoms with Gasteiger partial charge in [-0.25, -0.2) is 9.67 Å². The minimum Gasteiger partial charge on any atom is -0.456 e. The minimum atomic E-state index is -0.960. The monoisotopic (exact) mass is 574 g/mol. The molecule has 0 spiro atoms. The average molecular weight is 575 g/mol. The fraction of sp³-hybridized carbons (Fsp3) is 0.286. The number of imidazole rings is 1. The van der Waals surface area contributed by atoms with Crippen molar-refractivity contribution in [3.8, 4) is 39.8 Å². The summed E-state index contributed by atoms with van der Waals surface area (Å²) in [6.45, 7) is 0.510. The van der Waals surface area contributed by atoms with Gasteiger partial charge in [0.25, 0.3) is 6.01 Å². The maximum Gasteiger partial charge on any atom is 0.296 e. The summed E-state index contributed by atoms with van der Waals surface area (Å²) in [7, 11) is 1.75. The van der Waals surface area contributed by atoms with E-state index in [1.54, 1.807) is 17.8 Å². The number of hydrogen-bond donors (Lipinski definition) is 3. The van der Waals surface area contributed by atoms with Crippen molar-refractivity contribution in [2.24, 2.45) is 4.99 Å². The van der Waals surface area contributed by atoms with Crippen LogP contribution in [0.15, 0.2) is 59.6 Å². The number of halogens is 1. The van der Waals surface area contributed by atoms with Crippen molar-refractivity contribution in [2.75, 3.05) is 20.3 Å². The molecule has 3 aromatic heterocycles. The molecule has 1 saturated heterocycles. The number of aryl methyl sites for hydroxylation is 1. The number of aliphatic hydroxyl groups is 2. The number of aliphatic imine (C=N–C) groups is 1. The van der Waals surface area contributed by atoms with Crippen LogP contribution in [-0.2, 0) is 11.3 Å². The summed E-state index contributed by atoms with van der Waals surface area (Å²) < 4.78 is 12.9. The van der Waals surface area contributed by atoms with Crippen LogP contribution in [0.3, 0.4) is 0 Å². The molecule has 0 unspecified atom stereocenters. The number of tetrazole rings is 1. The zero-order chi connectivity index (χ0) is 28.3. The number of aromatic amines is 1. The van der Waals surface area contributed by atoms with Crippen molar-refractivity contribution in [1.82, 2.24) is 35.2 Å². The van der Waals surface area contributed by atoms with Crippen LogP contribution in [0, 0.1) is 0 Å². The molecule has 12 nitrogen and oxygen atoms in total. The molecule has 0 bridgehead atoms. The molecule has 3 atom stereocenters. The zero-order valence-electron chi connectivity index (χ0n) is 22.1. The lowest BCUT2D eigenvalue weighted by atomic mass is 10.0. The number of pyridine rings is 1. The number of aliphatic hydroxyl groups excluding tert-OH is 2. The topological polar surface area (TPSA) is 156 Å². The number of rotatable bonds is 9. The molecule has 2 aromatic carbocycles. The molecule has 0 saturated carbocycles. The second-order valence-electron chi connectivity index (χ2n) is 9.54. The Balaban J connectivity index is 1.18. The molecule has 1 fully saturated rings. The maximum atomic E-state index is 10.2. The lowest BCUT2D eigenvalue weighted by Gasteiger charge is -2.15. The van der Waals surface area contributed by atoms with Gasteiger partial charge >= 0.3 is 0 Å². The molecule has 0 radical (unpaired) electrons. The van der Waals surface area contributed by atoms with Gasteiger partial charge in [0.1, 0.15) is 12.2 Å². The van der Waals surface area contributed by atoms with Gasteiger partial charge in [-0.05, 0) is 27.6 Å². The molecule has 0 aliphatic carbocycles. The first-order chi connectivity index (χ1) is 20.0. The Morgan fingerprint density at radius 1 is 1.10 bits per heavy atom. The molecular formula is C28H27ClN8O4. The largest absolute Gasteiger partial charge is 0.456 e. The molecule has 41 heavy (non-hydrogen) atoms. The fourth-order valence-electron chi connectivity index (χ4n) is 4.72. The lowest BCUT2D eigenvalue weighted by molar-refractivity contribution is -0.00390. The fourth-order valence-corrected chi connectivity index (χ4v) is 4.98. The Bertz CT molecular complexity index is 1670. The summed E-state index contributed by atoms with van der Waals surface area (Å²) in [6.07, 6.45) is 0.302. The average Bonchev–Trinajstić information content (AvgIpc) is 3.71. The van der Waals surface area contributed by atoms with Gasteiger partial charge in [0.2, 0.25) is 0 Å². The Hall–Kier alpha value is -4.23. The van der Waals surface area contributed by atoms with E-state index in [0.717, 1.165) is 28.7 Å². The quantitative estimate of drug-likeness (QED) is 0.225. The van der Waals surface area contributed by atoms with Crippen LogP contribution in [0.5, 0.6) is 6.01 Å². The number of ether oxygens (including phenoxy) is 2. The number of hydrogen-bond acceptors (Lipinski definition) is 10. The number of H-pyrrole nitrogens is 1. The first-order valence-corrected chi connectivity index (χ1v) is 13.4. The number of nitrogens with one attached hydrogen (secondary N) is 1. The van der Waals surface area contributed by atoms with Crippen LogP contribution in [0.1, 0.15) is 6.42 Å². The molecule has 13 heteroatoms. The van der Waals surface area contributed by atoms with Gasteiger partial charge < -0.3 is 29.7 Å². The van der Waals surface area contributed by atoms with Crippen LogP contribution in [-0.4, -0.2) is 90.2 Å². The number of aromatic nitrogens is 7. The summed E-state index contributed by atoms with van der Waals surface area (Å²) >= 11 is 6.59. The summed E-state index contributed by atoms with van der Waals surface area (Å²) in [6, 6.07) is 18.0. The van der Waals surface area contributed by atoms with Crippen molar-refractivity contribution < 1.29 is 19.7 Å². The highest BCUT2D eigenvalue weighted by Gasteiger charge is 2.37. The first kappa shape index (κ1) is 27.0. The molecular weight excluding hydrogens is 548 g/mol. The first-order valence-electron chi connectivity index (χ1n) is 13.1. The summed E-state index contributed by atoms with van der Waals surface area (Å²) in [5.41, 5.74) is 5.45. The van der Waals surface area contributed by atoms with Crippen molar-refractivity contribution in [3.05, 3.63) is 59.6 Å². The predicted molar refractivity (Wildman–Crippen MR) is 153 cm³/mol. The molecule has 0 amide bonds. The minimum absolute atomic E-state index is 0.144. The Labute approximate surface area is 239 Å². The van der Waals surface area contributed by atoms with E-state index in [1.807, 2.05) is 54.7 Å². The van der Waals surface area contributed by atoms with E-state index in [4.69, 9.17) is 21.1 Å². The van der Waals surface area contributed by atoms with Crippen molar-refractivity contribution >= 4 is 29.0 Å². The van der Waals surface area contributed by atoms with Crippen molar-refractivity contribution in [3.63, 3.8) is 0 Å². The van der Waals surface area contributed by atoms with Gasteiger partial charge in [-0.2, -0.15) is 4.98 Å². The molecule has 4 heterocycles. The van der Waals surface area contributed by atoms with Crippen LogP contribution < -0.4 is 4.74 Å². The van der Waals surface area contributed by atoms with Crippen LogP contribution in [0.25, 0.3) is 44.9 Å². The van der Waals surface area contributed by atoms with E-state index in [-0.39, 0.29) is 19.2 Å². The van der Waals surface area contributed by atoms with Crippen LogP contribution in [0.4, 0.5) is 0 Å². The van der Waals surface area contributed by atoms with Crippen LogP contribution >= 0.6 is 11.6 Å². The summed E-state index contributed by atoms with van der Waals surface area (Å²) in [5.74, 6) is 0.710. The highest BCUT2D eigenvalue weighted by molar-refractivity contribution is 6.33. The highest BCUT2D eigenvalue weighted by atomic mass is 35.5. The smallest absolute Gasteiger partial charge is 0.296 e. The third-order valence-corrected chi connectivity index (χ3v) is 7.19. The maximum absolute atomic E-state index is 10.2. The summed E-state index contributed by atoms with van der Waals surface area (Å²) in [4.78, 5) is 16.1. The van der Waals surface area contributed by atoms with Gasteiger partial charge in [0, 0.05) is 30.8 Å². The third-order valence-electron chi connectivity index (χ3n) is 6.90. The zero-order valence-corrected chi connectivity index (χ0v) is 22.8. The van der Waals surface area contributed by atoms with Crippen molar-refractivity contribution in [2.45, 2.75) is 31.3 Å². The Morgan fingerprint density at radius 3 is 2.49 bits per heavy atom. The second-order valence-corrected chi connectivity index (χ2v) is 9.95. The molecule has 1 aliphatic rings. The highest BCUT2D eigenvalue weighted by Crippen LogP contribution is 2.32. The number of fused-ring (bicyclic) bond motifs is 1. The molecule has 1 aliphatic heterocycles. The lowest BCUT2D eigenvalue weighted by Crippen LogP contribution is -2.36. The van der Waals surface area contributed by atoms with Gasteiger partial charge in [0.05, 0.1) is 36.0 Å². The van der Waals surface area contributed by atoms with E-state index in [1.165, 1.54) is 0 Å². The second kappa shape index (κ2) is 11.7. The van der Waals surface area contributed by atoms with Gasteiger partial charge in [-0.3, -0.25) is 0 Å². The van der Waals surface area contributed by atoms with E-state index < -0.39 is 18.3 Å². The van der Waals surface area contributed by atoms with Gasteiger partial charge in [0.15, 0.2) is 17.6 Å². The normalized spacial score (nSPS) is 19.0.